The number of halogens is 3. The van der Waals surface area contributed by atoms with Gasteiger partial charge in [0.15, 0.2) is 0 Å². The van der Waals surface area contributed by atoms with Crippen molar-refractivity contribution in [3.8, 4) is 0 Å². The van der Waals surface area contributed by atoms with Crippen molar-refractivity contribution >= 4 is 23.2 Å². The zero-order valence-electron chi connectivity index (χ0n) is 10.2. The average Bonchev–Trinajstić information content (AvgIpc) is 2.29. The molecule has 0 bridgehead atoms. The highest BCUT2D eigenvalue weighted by atomic mass is 35.5. The Hall–Kier alpha value is -0.310. The van der Waals surface area contributed by atoms with Gasteiger partial charge >= 0.3 is 0 Å². The van der Waals surface area contributed by atoms with Gasteiger partial charge in [0.25, 0.3) is 0 Å². The van der Waals surface area contributed by atoms with E-state index in [1.807, 2.05) is 0 Å². The molecule has 1 rings (SSSR count). The summed E-state index contributed by atoms with van der Waals surface area (Å²) in [5, 5.41) is 3.80. The van der Waals surface area contributed by atoms with Crippen molar-refractivity contribution in [2.75, 3.05) is 5.88 Å². The molecule has 0 fully saturated rings. The maximum absolute atomic E-state index is 13.6. The third-order valence-electron chi connectivity index (χ3n) is 3.18. The van der Waals surface area contributed by atoms with E-state index in [0.29, 0.717) is 23.0 Å². The molecule has 96 valence electrons. The average molecular weight is 278 g/mol. The number of benzene rings is 1. The van der Waals surface area contributed by atoms with Crippen LogP contribution in [0.3, 0.4) is 0 Å². The molecule has 0 heterocycles. The molecule has 0 saturated carbocycles. The molecule has 1 unspecified atom stereocenters. The summed E-state index contributed by atoms with van der Waals surface area (Å²) < 4.78 is 13.6. The van der Waals surface area contributed by atoms with Crippen LogP contribution in [0.25, 0.3) is 0 Å². The van der Waals surface area contributed by atoms with Crippen LogP contribution in [0.2, 0.25) is 5.02 Å². The standard InChI is InChI=1S/C13H18Cl2FN/c1-3-13(2,7-8-14)17-9-10-11(15)5-4-6-12(10)16/h4-6,17H,3,7-9H2,1-2H3. The quantitative estimate of drug-likeness (QED) is 0.762. The van der Waals surface area contributed by atoms with E-state index in [2.05, 4.69) is 19.2 Å². The molecule has 1 atom stereocenters. The van der Waals surface area contributed by atoms with E-state index in [9.17, 15) is 4.39 Å². The van der Waals surface area contributed by atoms with Crippen molar-refractivity contribution in [2.45, 2.75) is 38.8 Å². The van der Waals surface area contributed by atoms with E-state index in [1.165, 1.54) is 6.07 Å². The molecule has 0 saturated heterocycles. The van der Waals surface area contributed by atoms with Crippen LogP contribution >= 0.6 is 23.2 Å². The fourth-order valence-electron chi connectivity index (χ4n) is 1.60. The number of hydrogen-bond donors (Lipinski definition) is 1. The summed E-state index contributed by atoms with van der Waals surface area (Å²) >= 11 is 11.7. The first-order chi connectivity index (χ1) is 8.02. The van der Waals surface area contributed by atoms with Crippen LogP contribution in [0.4, 0.5) is 4.39 Å². The second-order valence-corrected chi connectivity index (χ2v) is 5.19. The minimum Gasteiger partial charge on any atom is -0.307 e. The third-order valence-corrected chi connectivity index (χ3v) is 3.72. The minimum absolute atomic E-state index is 0.0760. The Labute approximate surface area is 112 Å². The smallest absolute Gasteiger partial charge is 0.129 e. The summed E-state index contributed by atoms with van der Waals surface area (Å²) in [6.07, 6.45) is 1.78. The van der Waals surface area contributed by atoms with Gasteiger partial charge in [0.05, 0.1) is 0 Å². The first-order valence-corrected chi connectivity index (χ1v) is 6.67. The first kappa shape index (κ1) is 14.7. The minimum atomic E-state index is -0.269. The first-order valence-electron chi connectivity index (χ1n) is 5.76. The molecule has 1 aromatic carbocycles. The molecule has 1 nitrogen and oxygen atoms in total. The van der Waals surface area contributed by atoms with Crippen LogP contribution in [0, 0.1) is 5.82 Å². The summed E-state index contributed by atoms with van der Waals surface area (Å²) in [4.78, 5) is 0. The summed E-state index contributed by atoms with van der Waals surface area (Å²) in [6.45, 7) is 4.60. The second kappa shape index (κ2) is 6.58. The third kappa shape index (κ3) is 4.13. The maximum Gasteiger partial charge on any atom is 0.129 e. The van der Waals surface area contributed by atoms with Crippen molar-refractivity contribution in [1.29, 1.82) is 0 Å². The number of nitrogens with one attached hydrogen (secondary N) is 1. The molecule has 0 spiro atoms. The Morgan fingerprint density at radius 1 is 1.41 bits per heavy atom. The van der Waals surface area contributed by atoms with Gasteiger partial charge in [-0.25, -0.2) is 4.39 Å². The van der Waals surface area contributed by atoms with Crippen LogP contribution in [0.15, 0.2) is 18.2 Å². The van der Waals surface area contributed by atoms with Gasteiger partial charge in [-0.05, 0) is 31.9 Å². The van der Waals surface area contributed by atoms with Crippen molar-refractivity contribution < 1.29 is 4.39 Å². The number of alkyl halides is 1. The molecule has 17 heavy (non-hydrogen) atoms. The van der Waals surface area contributed by atoms with Crippen LogP contribution in [-0.2, 0) is 6.54 Å². The van der Waals surface area contributed by atoms with E-state index in [4.69, 9.17) is 23.2 Å². The van der Waals surface area contributed by atoms with Gasteiger partial charge < -0.3 is 5.32 Å². The zero-order chi connectivity index (χ0) is 12.9. The molecule has 0 radical (unpaired) electrons. The molecule has 1 N–H and O–H groups in total. The molecule has 0 aliphatic rings. The molecular formula is C13H18Cl2FN. The Balaban J connectivity index is 2.72. The lowest BCUT2D eigenvalue weighted by molar-refractivity contribution is 0.329. The number of rotatable bonds is 6. The fraction of sp³-hybridized carbons (Fsp3) is 0.538. The van der Waals surface area contributed by atoms with Gasteiger partial charge in [-0.1, -0.05) is 24.6 Å². The molecule has 0 aliphatic carbocycles. The Morgan fingerprint density at radius 3 is 2.65 bits per heavy atom. The van der Waals surface area contributed by atoms with Crippen LogP contribution in [0.5, 0.6) is 0 Å². The zero-order valence-corrected chi connectivity index (χ0v) is 11.7. The van der Waals surface area contributed by atoms with Crippen LogP contribution < -0.4 is 5.32 Å². The molecular weight excluding hydrogens is 260 g/mol. The Kier molecular flexibility index (Phi) is 5.71. The normalized spacial score (nSPS) is 14.6. The summed E-state index contributed by atoms with van der Waals surface area (Å²) in [7, 11) is 0. The molecule has 1 aromatic rings. The van der Waals surface area contributed by atoms with Gasteiger partial charge in [-0.2, -0.15) is 0 Å². The van der Waals surface area contributed by atoms with Gasteiger partial charge in [-0.3, -0.25) is 0 Å². The van der Waals surface area contributed by atoms with Gasteiger partial charge in [0.1, 0.15) is 5.82 Å². The monoisotopic (exact) mass is 277 g/mol. The SMILES string of the molecule is CCC(C)(CCCl)NCc1c(F)cccc1Cl. The lowest BCUT2D eigenvalue weighted by Crippen LogP contribution is -2.41. The predicted octanol–water partition coefficient (Wildman–Crippen LogP) is 4.37. The van der Waals surface area contributed by atoms with E-state index in [0.717, 1.165) is 12.8 Å². The van der Waals surface area contributed by atoms with E-state index in [1.54, 1.807) is 12.1 Å². The predicted molar refractivity (Wildman–Crippen MR) is 72.3 cm³/mol. The number of hydrogen-bond acceptors (Lipinski definition) is 1. The lowest BCUT2D eigenvalue weighted by atomic mass is 9.95. The molecule has 0 aliphatic heterocycles. The van der Waals surface area contributed by atoms with Crippen LogP contribution in [0.1, 0.15) is 32.3 Å². The maximum atomic E-state index is 13.6. The summed E-state index contributed by atoms with van der Waals surface area (Å²) in [5.41, 5.74) is 0.441. The highest BCUT2D eigenvalue weighted by molar-refractivity contribution is 6.31. The summed E-state index contributed by atoms with van der Waals surface area (Å²) in [6, 6.07) is 4.74. The highest BCUT2D eigenvalue weighted by Gasteiger charge is 2.21. The topological polar surface area (TPSA) is 12.0 Å². The molecule has 4 heteroatoms. The van der Waals surface area contributed by atoms with E-state index < -0.39 is 0 Å². The van der Waals surface area contributed by atoms with Crippen molar-refractivity contribution in [2.24, 2.45) is 0 Å². The van der Waals surface area contributed by atoms with Crippen LogP contribution in [-0.4, -0.2) is 11.4 Å². The Bertz CT molecular complexity index is 350. The largest absolute Gasteiger partial charge is 0.307 e. The summed E-state index contributed by atoms with van der Waals surface area (Å²) in [5.74, 6) is 0.317. The molecule has 0 aromatic heterocycles. The highest BCUT2D eigenvalue weighted by Crippen LogP contribution is 2.21. The van der Waals surface area contributed by atoms with Gasteiger partial charge in [0.2, 0.25) is 0 Å². The van der Waals surface area contributed by atoms with Gasteiger partial charge in [0, 0.05) is 28.5 Å². The van der Waals surface area contributed by atoms with Gasteiger partial charge in [-0.15, -0.1) is 11.6 Å². The van der Waals surface area contributed by atoms with Crippen molar-refractivity contribution in [1.82, 2.24) is 5.32 Å². The molecule has 0 amide bonds. The van der Waals surface area contributed by atoms with Crippen molar-refractivity contribution in [3.63, 3.8) is 0 Å². The fourth-order valence-corrected chi connectivity index (χ4v) is 2.25. The second-order valence-electron chi connectivity index (χ2n) is 4.41. The van der Waals surface area contributed by atoms with E-state index >= 15 is 0 Å². The lowest BCUT2D eigenvalue weighted by Gasteiger charge is -2.29. The van der Waals surface area contributed by atoms with Crippen molar-refractivity contribution in [3.05, 3.63) is 34.6 Å². The Morgan fingerprint density at radius 2 is 2.12 bits per heavy atom. The van der Waals surface area contributed by atoms with E-state index in [-0.39, 0.29) is 11.4 Å².